The van der Waals surface area contributed by atoms with Gasteiger partial charge in [-0.25, -0.2) is 0 Å². The van der Waals surface area contributed by atoms with Crippen LogP contribution in [0.4, 0.5) is 10.1 Å². The fraction of sp³-hybridized carbons (Fsp3) is 0.611. The minimum absolute atomic E-state index is 0.326. The van der Waals surface area contributed by atoms with E-state index in [1.165, 1.54) is 6.42 Å². The van der Waals surface area contributed by atoms with Crippen LogP contribution in [0.3, 0.4) is 0 Å². The van der Waals surface area contributed by atoms with E-state index in [0.29, 0.717) is 55.1 Å². The molecule has 1 aromatic rings. The molecule has 7 heteroatoms. The number of nitrogens with zero attached hydrogens (tertiary/aromatic N) is 4. The van der Waals surface area contributed by atoms with Crippen molar-refractivity contribution < 1.29 is 9.13 Å². The second kappa shape index (κ2) is 10.1. The van der Waals surface area contributed by atoms with Crippen molar-refractivity contribution in [2.75, 3.05) is 19.8 Å². The number of unbranched alkanes of at least 4 members (excludes halogenated alkanes) is 1. The first kappa shape index (κ1) is 19.3. The zero-order valence-electron chi connectivity index (χ0n) is 15.1. The van der Waals surface area contributed by atoms with Crippen molar-refractivity contribution in [3.63, 3.8) is 0 Å². The number of likely N-dealkylation sites (tertiary alicyclic amines) is 1. The van der Waals surface area contributed by atoms with Gasteiger partial charge in [-0.15, -0.1) is 0 Å². The van der Waals surface area contributed by atoms with E-state index in [4.69, 9.17) is 10.6 Å². The molecule has 0 bridgehead atoms. The van der Waals surface area contributed by atoms with Crippen molar-refractivity contribution in [1.29, 1.82) is 0 Å². The van der Waals surface area contributed by atoms with Crippen LogP contribution in [0.1, 0.15) is 39.5 Å². The Kier molecular flexibility index (Phi) is 7.78. The molecule has 0 radical (unpaired) electrons. The van der Waals surface area contributed by atoms with E-state index < -0.39 is 0 Å². The second-order valence-corrected chi connectivity index (χ2v) is 6.49. The van der Waals surface area contributed by atoms with Gasteiger partial charge in [-0.1, -0.05) is 0 Å². The fourth-order valence-corrected chi connectivity index (χ4v) is 2.78. The highest BCUT2D eigenvalue weighted by Gasteiger charge is 2.30. The van der Waals surface area contributed by atoms with Crippen molar-refractivity contribution in [3.8, 4) is 5.75 Å². The van der Waals surface area contributed by atoms with Crippen LogP contribution in [0.25, 0.3) is 0 Å². The number of hydrogen-bond acceptors (Lipinski definition) is 6. The maximum absolute atomic E-state index is 12.1. The molecule has 1 atom stereocenters. The van der Waals surface area contributed by atoms with Crippen molar-refractivity contribution in [2.45, 2.75) is 51.6 Å². The van der Waals surface area contributed by atoms with E-state index in [2.05, 4.69) is 33.8 Å². The Hall–Kier alpha value is -2.02. The van der Waals surface area contributed by atoms with E-state index in [-0.39, 0.29) is 6.67 Å². The Bertz CT molecular complexity index is 591. The van der Waals surface area contributed by atoms with Crippen LogP contribution in [-0.2, 0) is 0 Å². The van der Waals surface area contributed by atoms with Crippen LogP contribution >= 0.6 is 0 Å². The van der Waals surface area contributed by atoms with Gasteiger partial charge in [-0.2, -0.15) is 5.10 Å². The van der Waals surface area contributed by atoms with Gasteiger partial charge in [0.2, 0.25) is 0 Å². The highest BCUT2D eigenvalue weighted by atomic mass is 19.1. The fourth-order valence-electron chi connectivity index (χ4n) is 2.78. The Morgan fingerprint density at radius 2 is 2.32 bits per heavy atom. The van der Waals surface area contributed by atoms with Crippen LogP contribution < -0.4 is 10.6 Å². The molecule has 1 aliphatic heterocycles. The lowest BCUT2D eigenvalue weighted by Gasteiger charge is -2.43. The average Bonchev–Trinajstić information content (AvgIpc) is 2.57. The maximum Gasteiger partial charge on any atom is 0.139 e. The van der Waals surface area contributed by atoms with E-state index in [1.54, 1.807) is 18.6 Å². The Balaban J connectivity index is 1.86. The number of pyridine rings is 1. The van der Waals surface area contributed by atoms with Crippen molar-refractivity contribution >= 4 is 17.6 Å². The zero-order valence-corrected chi connectivity index (χ0v) is 15.1. The van der Waals surface area contributed by atoms with E-state index in [9.17, 15) is 4.39 Å². The highest BCUT2D eigenvalue weighted by Crippen LogP contribution is 2.23. The number of rotatable bonds is 10. The molecule has 0 aliphatic carbocycles. The Labute approximate surface area is 149 Å². The van der Waals surface area contributed by atoms with Crippen LogP contribution in [0.2, 0.25) is 0 Å². The number of hydrogen-bond donors (Lipinski definition) is 1. The smallest absolute Gasteiger partial charge is 0.139 e. The summed E-state index contributed by atoms with van der Waals surface area (Å²) < 4.78 is 18.0. The summed E-state index contributed by atoms with van der Waals surface area (Å²) in [6.07, 6.45) is 7.93. The molecule has 2 heterocycles. The lowest BCUT2D eigenvalue weighted by molar-refractivity contribution is 0.0241. The van der Waals surface area contributed by atoms with Gasteiger partial charge in [0.05, 0.1) is 36.7 Å². The summed E-state index contributed by atoms with van der Waals surface area (Å²) in [4.78, 5) is 10.9. The number of aliphatic imine (C=N–C) groups is 1. The first-order chi connectivity index (χ1) is 12.1. The summed E-state index contributed by atoms with van der Waals surface area (Å²) >= 11 is 0. The van der Waals surface area contributed by atoms with Gasteiger partial charge in [-0.3, -0.25) is 19.3 Å². The van der Waals surface area contributed by atoms with Gasteiger partial charge in [0, 0.05) is 24.7 Å². The lowest BCUT2D eigenvalue weighted by atomic mass is 10.0. The molecule has 1 saturated heterocycles. The summed E-state index contributed by atoms with van der Waals surface area (Å²) in [5.41, 5.74) is 1.32. The van der Waals surface area contributed by atoms with Crippen molar-refractivity contribution in [2.24, 2.45) is 15.9 Å². The molecule has 138 valence electrons. The standard InChI is InChI=1S/C18H28FN5O/c1-14(2)24-8-6-17(24)13-25-18-9-16(10-21-12-18)22-11-15(23-20)5-3-4-7-19/h9-12,14,17H,3-8,13,20H2,1-2H3/t17-/m0/s1. The zero-order chi connectivity index (χ0) is 18.1. The van der Waals surface area contributed by atoms with Gasteiger partial charge in [-0.05, 0) is 39.5 Å². The van der Waals surface area contributed by atoms with Crippen LogP contribution in [0.5, 0.6) is 5.75 Å². The average molecular weight is 349 g/mol. The molecule has 1 aliphatic rings. The number of alkyl halides is 1. The van der Waals surface area contributed by atoms with Gasteiger partial charge in [0.1, 0.15) is 12.4 Å². The van der Waals surface area contributed by atoms with E-state index in [1.807, 2.05) is 6.07 Å². The monoisotopic (exact) mass is 349 g/mol. The third-order valence-corrected chi connectivity index (χ3v) is 4.34. The molecule has 2 rings (SSSR count). The van der Waals surface area contributed by atoms with Crippen LogP contribution in [0.15, 0.2) is 28.6 Å². The number of hydrazone groups is 1. The quantitative estimate of drug-likeness (QED) is 0.305. The highest BCUT2D eigenvalue weighted by molar-refractivity contribution is 6.30. The molecule has 25 heavy (non-hydrogen) atoms. The molecular formula is C18H28FN5O. The molecule has 0 aromatic carbocycles. The summed E-state index contributed by atoms with van der Waals surface area (Å²) in [7, 11) is 0. The SMILES string of the molecule is CC(C)N1CC[C@H]1COc1cncc(N=CC(CCCCF)=NN)c1. The predicted octanol–water partition coefficient (Wildman–Crippen LogP) is 3.10. The molecular weight excluding hydrogens is 321 g/mol. The molecule has 2 N–H and O–H groups in total. The Morgan fingerprint density at radius 3 is 2.96 bits per heavy atom. The topological polar surface area (TPSA) is 76.1 Å². The molecule has 0 saturated carbocycles. The number of ether oxygens (including phenoxy) is 1. The van der Waals surface area contributed by atoms with Gasteiger partial charge in [0.15, 0.2) is 0 Å². The number of nitrogens with two attached hydrogens (primary N) is 1. The first-order valence-corrected chi connectivity index (χ1v) is 8.84. The molecule has 1 fully saturated rings. The van der Waals surface area contributed by atoms with Crippen LogP contribution in [-0.4, -0.2) is 53.7 Å². The third kappa shape index (κ3) is 6.08. The van der Waals surface area contributed by atoms with Gasteiger partial charge < -0.3 is 10.6 Å². The predicted molar refractivity (Wildman–Crippen MR) is 99.6 cm³/mol. The molecule has 0 unspecified atom stereocenters. The summed E-state index contributed by atoms with van der Waals surface area (Å²) in [5, 5.41) is 3.69. The Morgan fingerprint density at radius 1 is 1.48 bits per heavy atom. The first-order valence-electron chi connectivity index (χ1n) is 8.84. The molecule has 0 spiro atoms. The van der Waals surface area contributed by atoms with Crippen molar-refractivity contribution in [3.05, 3.63) is 18.5 Å². The van der Waals surface area contributed by atoms with E-state index in [0.717, 1.165) is 6.54 Å². The summed E-state index contributed by atoms with van der Waals surface area (Å²) in [6.45, 7) is 5.87. The summed E-state index contributed by atoms with van der Waals surface area (Å²) in [5.74, 6) is 6.05. The summed E-state index contributed by atoms with van der Waals surface area (Å²) in [6, 6.07) is 2.86. The molecule has 6 nitrogen and oxygen atoms in total. The largest absolute Gasteiger partial charge is 0.490 e. The van der Waals surface area contributed by atoms with Crippen molar-refractivity contribution in [1.82, 2.24) is 9.88 Å². The molecule has 0 amide bonds. The second-order valence-electron chi connectivity index (χ2n) is 6.49. The lowest BCUT2D eigenvalue weighted by Crippen LogP contribution is -2.54. The maximum atomic E-state index is 12.1. The number of halogens is 1. The number of aromatic nitrogens is 1. The van der Waals surface area contributed by atoms with Gasteiger partial charge in [0.25, 0.3) is 0 Å². The van der Waals surface area contributed by atoms with Crippen LogP contribution in [0, 0.1) is 0 Å². The minimum Gasteiger partial charge on any atom is -0.490 e. The molecule has 1 aromatic heterocycles. The van der Waals surface area contributed by atoms with Gasteiger partial charge >= 0.3 is 0 Å². The minimum atomic E-state index is -0.326. The normalized spacial score (nSPS) is 18.7. The van der Waals surface area contributed by atoms with E-state index >= 15 is 0 Å². The third-order valence-electron chi connectivity index (χ3n) is 4.34.